The highest BCUT2D eigenvalue weighted by Gasteiger charge is 2.26. The van der Waals surface area contributed by atoms with Gasteiger partial charge in [0.25, 0.3) is 0 Å². The molecule has 106 valence electrons. The Morgan fingerprint density at radius 3 is 2.74 bits per heavy atom. The maximum absolute atomic E-state index is 6.03. The molecule has 1 aliphatic rings. The normalized spacial score (nSPS) is 25.0. The van der Waals surface area contributed by atoms with Crippen molar-refractivity contribution in [2.75, 3.05) is 19.8 Å². The smallest absolute Gasteiger partial charge is 0.119 e. The zero-order chi connectivity index (χ0) is 13.7. The maximum Gasteiger partial charge on any atom is 0.119 e. The number of halogens is 1. The Hall–Kier alpha value is -0.580. The third-order valence-electron chi connectivity index (χ3n) is 3.48. The SMILES string of the molecule is CCC(C)C1COCC(COc2ccc(Br)cc2)O1. The fourth-order valence-corrected chi connectivity index (χ4v) is 2.27. The Labute approximate surface area is 123 Å². The molecule has 0 aliphatic carbocycles. The molecule has 3 atom stereocenters. The first-order valence-electron chi connectivity index (χ1n) is 6.80. The Morgan fingerprint density at radius 2 is 2.05 bits per heavy atom. The van der Waals surface area contributed by atoms with Crippen molar-refractivity contribution in [1.82, 2.24) is 0 Å². The van der Waals surface area contributed by atoms with E-state index in [-0.39, 0.29) is 12.2 Å². The van der Waals surface area contributed by atoms with Crippen molar-refractivity contribution in [2.45, 2.75) is 32.5 Å². The molecular weight excluding hydrogens is 308 g/mol. The highest BCUT2D eigenvalue weighted by molar-refractivity contribution is 9.10. The summed E-state index contributed by atoms with van der Waals surface area (Å²) in [4.78, 5) is 0. The van der Waals surface area contributed by atoms with Gasteiger partial charge in [-0.1, -0.05) is 36.2 Å². The lowest BCUT2D eigenvalue weighted by molar-refractivity contribution is -0.163. The van der Waals surface area contributed by atoms with Gasteiger partial charge in [0.1, 0.15) is 18.5 Å². The van der Waals surface area contributed by atoms with Crippen molar-refractivity contribution in [3.8, 4) is 5.75 Å². The van der Waals surface area contributed by atoms with Crippen LogP contribution in [-0.4, -0.2) is 32.0 Å². The number of rotatable bonds is 5. The van der Waals surface area contributed by atoms with Crippen molar-refractivity contribution in [2.24, 2.45) is 5.92 Å². The lowest BCUT2D eigenvalue weighted by atomic mass is 10.0. The van der Waals surface area contributed by atoms with Crippen molar-refractivity contribution >= 4 is 15.9 Å². The molecule has 2 rings (SSSR count). The molecule has 1 fully saturated rings. The Balaban J connectivity index is 1.80. The minimum atomic E-state index is 0.0244. The summed E-state index contributed by atoms with van der Waals surface area (Å²) < 4.78 is 18.4. The third kappa shape index (κ3) is 4.48. The predicted octanol–water partition coefficient (Wildman–Crippen LogP) is 3.66. The third-order valence-corrected chi connectivity index (χ3v) is 4.01. The quantitative estimate of drug-likeness (QED) is 0.825. The number of ether oxygens (including phenoxy) is 3. The van der Waals surface area contributed by atoms with Crippen LogP contribution in [0.15, 0.2) is 28.7 Å². The molecule has 19 heavy (non-hydrogen) atoms. The number of hydrogen-bond acceptors (Lipinski definition) is 3. The van der Waals surface area contributed by atoms with E-state index in [2.05, 4.69) is 29.8 Å². The van der Waals surface area contributed by atoms with Gasteiger partial charge in [0.2, 0.25) is 0 Å². The summed E-state index contributed by atoms with van der Waals surface area (Å²) in [5.41, 5.74) is 0. The first-order chi connectivity index (χ1) is 9.19. The van der Waals surface area contributed by atoms with E-state index in [1.165, 1.54) is 0 Å². The monoisotopic (exact) mass is 328 g/mol. The van der Waals surface area contributed by atoms with E-state index in [4.69, 9.17) is 14.2 Å². The summed E-state index contributed by atoms with van der Waals surface area (Å²) in [6.45, 7) is 6.23. The molecule has 1 aliphatic heterocycles. The molecule has 0 amide bonds. The first-order valence-corrected chi connectivity index (χ1v) is 7.60. The van der Waals surface area contributed by atoms with Gasteiger partial charge in [0.05, 0.1) is 19.3 Å². The largest absolute Gasteiger partial charge is 0.491 e. The molecule has 0 spiro atoms. The van der Waals surface area contributed by atoms with Crippen LogP contribution in [0.3, 0.4) is 0 Å². The molecule has 3 nitrogen and oxygen atoms in total. The molecule has 0 bridgehead atoms. The molecule has 0 radical (unpaired) electrons. The van der Waals surface area contributed by atoms with Crippen LogP contribution in [0.1, 0.15) is 20.3 Å². The second-order valence-corrected chi connectivity index (χ2v) is 5.90. The summed E-state index contributed by atoms with van der Waals surface area (Å²) >= 11 is 3.40. The van der Waals surface area contributed by atoms with Crippen LogP contribution in [-0.2, 0) is 9.47 Å². The fraction of sp³-hybridized carbons (Fsp3) is 0.600. The zero-order valence-electron chi connectivity index (χ0n) is 11.5. The average Bonchev–Trinajstić information content (AvgIpc) is 2.46. The van der Waals surface area contributed by atoms with Crippen molar-refractivity contribution < 1.29 is 14.2 Å². The van der Waals surface area contributed by atoms with Crippen LogP contribution in [0.25, 0.3) is 0 Å². The van der Waals surface area contributed by atoms with Gasteiger partial charge >= 0.3 is 0 Å². The van der Waals surface area contributed by atoms with Gasteiger partial charge in [0, 0.05) is 4.47 Å². The molecule has 0 N–H and O–H groups in total. The molecule has 4 heteroatoms. The van der Waals surface area contributed by atoms with Gasteiger partial charge in [-0.25, -0.2) is 0 Å². The first kappa shape index (κ1) is 14.8. The van der Waals surface area contributed by atoms with Crippen LogP contribution in [0.2, 0.25) is 0 Å². The standard InChI is InChI=1S/C15H21BrO3/c1-3-11(2)15-10-17-8-14(19-15)9-18-13-6-4-12(16)5-7-13/h4-7,11,14-15H,3,8-10H2,1-2H3. The topological polar surface area (TPSA) is 27.7 Å². The Kier molecular flexibility index (Phi) is 5.67. The maximum atomic E-state index is 6.03. The summed E-state index contributed by atoms with van der Waals surface area (Å²) in [7, 11) is 0. The molecule has 0 aromatic heterocycles. The van der Waals surface area contributed by atoms with E-state index < -0.39 is 0 Å². The molecular formula is C15H21BrO3. The van der Waals surface area contributed by atoms with E-state index in [9.17, 15) is 0 Å². The molecule has 1 saturated heterocycles. The van der Waals surface area contributed by atoms with Crippen LogP contribution < -0.4 is 4.74 Å². The van der Waals surface area contributed by atoms with E-state index >= 15 is 0 Å². The fourth-order valence-electron chi connectivity index (χ4n) is 2.01. The average molecular weight is 329 g/mol. The van der Waals surface area contributed by atoms with Crippen LogP contribution in [0.5, 0.6) is 5.75 Å². The molecule has 3 unspecified atom stereocenters. The molecule has 1 aromatic carbocycles. The highest BCUT2D eigenvalue weighted by atomic mass is 79.9. The second kappa shape index (κ2) is 7.27. The lowest BCUT2D eigenvalue weighted by Gasteiger charge is -2.33. The van der Waals surface area contributed by atoms with Gasteiger partial charge in [-0.15, -0.1) is 0 Å². The lowest BCUT2D eigenvalue weighted by Crippen LogP contribution is -2.42. The van der Waals surface area contributed by atoms with E-state index in [0.717, 1.165) is 16.6 Å². The van der Waals surface area contributed by atoms with E-state index in [1.54, 1.807) is 0 Å². The highest BCUT2D eigenvalue weighted by Crippen LogP contribution is 2.20. The van der Waals surface area contributed by atoms with Gasteiger partial charge < -0.3 is 14.2 Å². The minimum Gasteiger partial charge on any atom is -0.491 e. The summed E-state index contributed by atoms with van der Waals surface area (Å²) in [6.07, 6.45) is 1.32. The Bertz CT molecular complexity index is 379. The van der Waals surface area contributed by atoms with Crippen molar-refractivity contribution in [1.29, 1.82) is 0 Å². The minimum absolute atomic E-state index is 0.0244. The van der Waals surface area contributed by atoms with Crippen LogP contribution in [0.4, 0.5) is 0 Å². The van der Waals surface area contributed by atoms with E-state index in [1.807, 2.05) is 24.3 Å². The van der Waals surface area contributed by atoms with Crippen molar-refractivity contribution in [3.05, 3.63) is 28.7 Å². The predicted molar refractivity (Wildman–Crippen MR) is 78.6 cm³/mol. The van der Waals surface area contributed by atoms with E-state index in [0.29, 0.717) is 25.7 Å². The summed E-state index contributed by atoms with van der Waals surface area (Å²) in [6, 6.07) is 7.82. The molecule has 1 aromatic rings. The summed E-state index contributed by atoms with van der Waals surface area (Å²) in [5.74, 6) is 1.38. The van der Waals surface area contributed by atoms with Gasteiger partial charge in [-0.2, -0.15) is 0 Å². The van der Waals surface area contributed by atoms with Crippen LogP contribution >= 0.6 is 15.9 Å². The Morgan fingerprint density at radius 1 is 1.32 bits per heavy atom. The second-order valence-electron chi connectivity index (χ2n) is 4.98. The molecule has 0 saturated carbocycles. The van der Waals surface area contributed by atoms with Gasteiger partial charge in [0.15, 0.2) is 0 Å². The number of benzene rings is 1. The molecule has 1 heterocycles. The van der Waals surface area contributed by atoms with Gasteiger partial charge in [-0.05, 0) is 30.2 Å². The summed E-state index contributed by atoms with van der Waals surface area (Å²) in [5, 5.41) is 0. The van der Waals surface area contributed by atoms with Gasteiger partial charge in [-0.3, -0.25) is 0 Å². The zero-order valence-corrected chi connectivity index (χ0v) is 13.1. The number of hydrogen-bond donors (Lipinski definition) is 0. The van der Waals surface area contributed by atoms with Crippen LogP contribution in [0, 0.1) is 5.92 Å². The van der Waals surface area contributed by atoms with Crippen molar-refractivity contribution in [3.63, 3.8) is 0 Å².